The number of aromatic amines is 1. The van der Waals surface area contributed by atoms with Crippen LogP contribution in [0.3, 0.4) is 0 Å². The fourth-order valence-electron chi connectivity index (χ4n) is 1.39. The van der Waals surface area contributed by atoms with Gasteiger partial charge in [0.1, 0.15) is 0 Å². The number of rotatable bonds is 1. The summed E-state index contributed by atoms with van der Waals surface area (Å²) in [5.74, 6) is -0.259. The quantitative estimate of drug-likeness (QED) is 0.745. The highest BCUT2D eigenvalue weighted by molar-refractivity contribution is 5.77. The first-order chi connectivity index (χ1) is 6.58. The van der Waals surface area contributed by atoms with Gasteiger partial charge in [0.15, 0.2) is 5.82 Å². The van der Waals surface area contributed by atoms with E-state index in [2.05, 4.69) is 9.97 Å². The van der Waals surface area contributed by atoms with Crippen LogP contribution in [-0.4, -0.2) is 9.97 Å². The number of aromatic nitrogens is 2. The van der Waals surface area contributed by atoms with Crippen LogP contribution in [0.4, 0.5) is 8.78 Å². The van der Waals surface area contributed by atoms with E-state index in [1.807, 2.05) is 26.0 Å². The Hall–Kier alpha value is -1.45. The first-order valence-electron chi connectivity index (χ1n) is 4.33. The number of halogens is 2. The molecular formula is C10H10F2N2. The molecular weight excluding hydrogens is 186 g/mol. The molecule has 0 atom stereocenters. The van der Waals surface area contributed by atoms with Crippen molar-refractivity contribution in [1.29, 1.82) is 0 Å². The molecule has 1 aromatic carbocycles. The number of aryl methyl sites for hydroxylation is 2. The molecule has 4 heteroatoms. The van der Waals surface area contributed by atoms with Crippen molar-refractivity contribution in [1.82, 2.24) is 9.97 Å². The van der Waals surface area contributed by atoms with Crippen LogP contribution in [-0.2, 0) is 0 Å². The van der Waals surface area contributed by atoms with Crippen LogP contribution in [0.5, 0.6) is 0 Å². The summed E-state index contributed by atoms with van der Waals surface area (Å²) in [4.78, 5) is 6.41. The van der Waals surface area contributed by atoms with E-state index >= 15 is 0 Å². The van der Waals surface area contributed by atoms with Crippen molar-refractivity contribution < 1.29 is 8.78 Å². The van der Waals surface area contributed by atoms with Crippen LogP contribution in [0.15, 0.2) is 12.1 Å². The SMILES string of the molecule is Cc1cc2nc(C(F)F)[nH]c2cc1C. The zero-order valence-electron chi connectivity index (χ0n) is 7.94. The second-order valence-corrected chi connectivity index (χ2v) is 3.38. The molecule has 2 aromatic rings. The number of fused-ring (bicyclic) bond motifs is 1. The summed E-state index contributed by atoms with van der Waals surface area (Å²) in [5, 5.41) is 0. The van der Waals surface area contributed by atoms with Gasteiger partial charge in [-0.2, -0.15) is 0 Å². The molecule has 1 N–H and O–H groups in total. The summed E-state index contributed by atoms with van der Waals surface area (Å²) in [6, 6.07) is 3.65. The second-order valence-electron chi connectivity index (χ2n) is 3.38. The Bertz CT molecular complexity index is 435. The largest absolute Gasteiger partial charge is 0.337 e. The Morgan fingerprint density at radius 2 is 1.86 bits per heavy atom. The molecule has 0 spiro atoms. The van der Waals surface area contributed by atoms with Gasteiger partial charge in [-0.15, -0.1) is 0 Å². The highest BCUT2D eigenvalue weighted by atomic mass is 19.3. The Balaban J connectivity index is 2.66. The normalized spacial score (nSPS) is 11.5. The lowest BCUT2D eigenvalue weighted by atomic mass is 10.1. The summed E-state index contributed by atoms with van der Waals surface area (Å²) >= 11 is 0. The van der Waals surface area contributed by atoms with E-state index < -0.39 is 6.43 Å². The molecule has 14 heavy (non-hydrogen) atoms. The Labute approximate surface area is 80.0 Å². The number of hydrogen-bond acceptors (Lipinski definition) is 1. The van der Waals surface area contributed by atoms with Gasteiger partial charge >= 0.3 is 0 Å². The smallest absolute Gasteiger partial charge is 0.295 e. The van der Waals surface area contributed by atoms with Crippen molar-refractivity contribution >= 4 is 11.0 Å². The molecule has 1 heterocycles. The Kier molecular flexibility index (Phi) is 1.98. The minimum atomic E-state index is -2.54. The maximum atomic E-state index is 12.3. The molecule has 2 nitrogen and oxygen atoms in total. The van der Waals surface area contributed by atoms with Crippen molar-refractivity contribution in [2.75, 3.05) is 0 Å². The highest BCUT2D eigenvalue weighted by Gasteiger charge is 2.12. The van der Waals surface area contributed by atoms with Gasteiger partial charge < -0.3 is 4.98 Å². The van der Waals surface area contributed by atoms with E-state index in [-0.39, 0.29) is 5.82 Å². The van der Waals surface area contributed by atoms with Gasteiger partial charge in [-0.3, -0.25) is 0 Å². The van der Waals surface area contributed by atoms with Crippen molar-refractivity contribution in [2.45, 2.75) is 20.3 Å². The van der Waals surface area contributed by atoms with Gasteiger partial charge in [0, 0.05) is 0 Å². The third kappa shape index (κ3) is 1.36. The van der Waals surface area contributed by atoms with Gasteiger partial charge in [0.25, 0.3) is 6.43 Å². The minimum Gasteiger partial charge on any atom is -0.337 e. The van der Waals surface area contributed by atoms with Gasteiger partial charge in [-0.25, -0.2) is 13.8 Å². The summed E-state index contributed by atoms with van der Waals surface area (Å²) in [7, 11) is 0. The number of alkyl halides is 2. The maximum absolute atomic E-state index is 12.3. The van der Waals surface area contributed by atoms with E-state index in [0.717, 1.165) is 11.1 Å². The van der Waals surface area contributed by atoms with Crippen molar-refractivity contribution in [3.05, 3.63) is 29.1 Å². The van der Waals surface area contributed by atoms with Gasteiger partial charge in [0.05, 0.1) is 11.0 Å². The van der Waals surface area contributed by atoms with E-state index in [4.69, 9.17) is 0 Å². The number of imidazole rings is 1. The molecule has 1 aromatic heterocycles. The Morgan fingerprint density at radius 3 is 2.50 bits per heavy atom. The third-order valence-electron chi connectivity index (χ3n) is 2.32. The van der Waals surface area contributed by atoms with E-state index in [1.165, 1.54) is 0 Å². The minimum absolute atomic E-state index is 0.259. The number of nitrogens with one attached hydrogen (secondary N) is 1. The van der Waals surface area contributed by atoms with Crippen LogP contribution < -0.4 is 0 Å². The molecule has 0 aliphatic carbocycles. The molecule has 0 bridgehead atoms. The molecule has 0 saturated carbocycles. The highest BCUT2D eigenvalue weighted by Crippen LogP contribution is 2.22. The fourth-order valence-corrected chi connectivity index (χ4v) is 1.39. The molecule has 74 valence electrons. The number of hydrogen-bond donors (Lipinski definition) is 1. The molecule has 0 amide bonds. The lowest BCUT2D eigenvalue weighted by molar-refractivity contribution is 0.142. The lowest BCUT2D eigenvalue weighted by Crippen LogP contribution is -1.84. The fraction of sp³-hybridized carbons (Fsp3) is 0.300. The average Bonchev–Trinajstić information content (AvgIpc) is 2.48. The third-order valence-corrected chi connectivity index (χ3v) is 2.32. The topological polar surface area (TPSA) is 28.7 Å². The van der Waals surface area contributed by atoms with Crippen LogP contribution >= 0.6 is 0 Å². The number of benzene rings is 1. The lowest BCUT2D eigenvalue weighted by Gasteiger charge is -1.97. The monoisotopic (exact) mass is 196 g/mol. The van der Waals surface area contributed by atoms with Gasteiger partial charge in [0.2, 0.25) is 0 Å². The molecule has 0 fully saturated rings. The molecule has 0 aliphatic heterocycles. The molecule has 2 rings (SSSR count). The molecule has 0 radical (unpaired) electrons. The van der Waals surface area contributed by atoms with E-state index in [1.54, 1.807) is 0 Å². The van der Waals surface area contributed by atoms with Gasteiger partial charge in [-0.1, -0.05) is 0 Å². The van der Waals surface area contributed by atoms with Gasteiger partial charge in [-0.05, 0) is 37.1 Å². The predicted octanol–water partition coefficient (Wildman–Crippen LogP) is 3.12. The van der Waals surface area contributed by atoms with Crippen LogP contribution in [0.2, 0.25) is 0 Å². The maximum Gasteiger partial charge on any atom is 0.295 e. The van der Waals surface area contributed by atoms with Crippen molar-refractivity contribution in [2.24, 2.45) is 0 Å². The zero-order valence-corrected chi connectivity index (χ0v) is 7.94. The summed E-state index contributed by atoms with van der Waals surface area (Å²) in [6.07, 6.45) is -2.54. The molecule has 0 unspecified atom stereocenters. The van der Waals surface area contributed by atoms with Crippen molar-refractivity contribution in [3.63, 3.8) is 0 Å². The van der Waals surface area contributed by atoms with Crippen molar-refractivity contribution in [3.8, 4) is 0 Å². The van der Waals surface area contributed by atoms with E-state index in [9.17, 15) is 8.78 Å². The predicted molar refractivity (Wildman–Crippen MR) is 50.5 cm³/mol. The van der Waals surface area contributed by atoms with Crippen LogP contribution in [0, 0.1) is 13.8 Å². The Morgan fingerprint density at radius 1 is 1.21 bits per heavy atom. The summed E-state index contributed by atoms with van der Waals surface area (Å²) < 4.78 is 24.6. The first kappa shape index (κ1) is 9.12. The first-order valence-corrected chi connectivity index (χ1v) is 4.33. The molecule has 0 aliphatic rings. The molecule has 0 saturated heterocycles. The van der Waals surface area contributed by atoms with Crippen LogP contribution in [0.1, 0.15) is 23.4 Å². The number of H-pyrrole nitrogens is 1. The summed E-state index contributed by atoms with van der Waals surface area (Å²) in [6.45, 7) is 3.88. The average molecular weight is 196 g/mol. The van der Waals surface area contributed by atoms with Crippen LogP contribution in [0.25, 0.3) is 11.0 Å². The number of nitrogens with zero attached hydrogens (tertiary/aromatic N) is 1. The van der Waals surface area contributed by atoms with E-state index in [0.29, 0.717) is 11.0 Å². The summed E-state index contributed by atoms with van der Waals surface area (Å²) in [5.41, 5.74) is 3.40. The zero-order chi connectivity index (χ0) is 10.3. The second kappa shape index (κ2) is 3.04. The standard InChI is InChI=1S/C10H10F2N2/c1-5-3-7-8(4-6(5)2)14-10(13-7)9(11)12/h3-4,9H,1-2H3,(H,13,14).